The molecule has 11 heteroatoms. The number of amides is 1. The van der Waals surface area contributed by atoms with Gasteiger partial charge < -0.3 is 15.0 Å². The largest absolute Gasteiger partial charge is 0.466 e. The zero-order valence-corrected chi connectivity index (χ0v) is 19.8. The zero-order chi connectivity index (χ0) is 24.5. The second-order valence-electron chi connectivity index (χ2n) is 7.59. The van der Waals surface area contributed by atoms with Crippen molar-refractivity contribution in [3.8, 4) is 0 Å². The normalized spacial score (nSPS) is 17.8. The lowest BCUT2D eigenvalue weighted by Crippen LogP contribution is -2.37. The van der Waals surface area contributed by atoms with E-state index in [1.807, 2.05) is 21.7 Å². The molecular weight excluding hydrogens is 487 g/mol. The fraction of sp³-hybridized carbons (Fsp3) is 0.261. The number of thiophene rings is 1. The molecule has 3 heterocycles. The molecule has 0 saturated carbocycles. The van der Waals surface area contributed by atoms with Gasteiger partial charge in [0.05, 0.1) is 36.4 Å². The highest BCUT2D eigenvalue weighted by Crippen LogP contribution is 2.45. The van der Waals surface area contributed by atoms with Gasteiger partial charge in [-0.2, -0.15) is 24.5 Å². The van der Waals surface area contributed by atoms with E-state index in [2.05, 4.69) is 10.3 Å². The number of hydrogen-bond donors (Lipinski definition) is 1. The Labute approximate surface area is 202 Å². The Hall–Kier alpha value is -3.05. The van der Waals surface area contributed by atoms with Crippen LogP contribution in [-0.2, 0) is 27.0 Å². The summed E-state index contributed by atoms with van der Waals surface area (Å²) < 4.78 is 43.8. The van der Waals surface area contributed by atoms with E-state index >= 15 is 0 Å². The van der Waals surface area contributed by atoms with Crippen LogP contribution < -0.4 is 5.32 Å². The van der Waals surface area contributed by atoms with Crippen LogP contribution in [0.15, 0.2) is 68.5 Å². The Bertz CT molecular complexity index is 1200. The van der Waals surface area contributed by atoms with Crippen LogP contribution in [0.25, 0.3) is 0 Å². The van der Waals surface area contributed by atoms with Crippen molar-refractivity contribution in [2.45, 2.75) is 32.1 Å². The number of nitrogens with zero attached hydrogens (tertiary/aromatic N) is 2. The van der Waals surface area contributed by atoms with E-state index in [1.165, 1.54) is 42.3 Å². The van der Waals surface area contributed by atoms with E-state index in [0.29, 0.717) is 27.7 Å². The number of methoxy groups -OCH3 is 1. The molecular formula is C23H20F3N3O3S2. The minimum absolute atomic E-state index is 0.0287. The first-order chi connectivity index (χ1) is 16.2. The molecule has 0 unspecified atom stereocenters. The molecule has 0 aliphatic carbocycles. The maximum absolute atomic E-state index is 12.9. The Morgan fingerprint density at radius 3 is 2.74 bits per heavy atom. The van der Waals surface area contributed by atoms with Crippen molar-refractivity contribution in [1.82, 2.24) is 10.2 Å². The average Bonchev–Trinajstić information content (AvgIpc) is 3.46. The van der Waals surface area contributed by atoms with Crippen molar-refractivity contribution >= 4 is 40.1 Å². The monoisotopic (exact) mass is 507 g/mol. The second kappa shape index (κ2) is 9.67. The second-order valence-corrected chi connectivity index (χ2v) is 9.21. The minimum atomic E-state index is -4.45. The van der Waals surface area contributed by atoms with Gasteiger partial charge in [0, 0.05) is 12.2 Å². The van der Waals surface area contributed by atoms with Crippen molar-refractivity contribution < 1.29 is 27.5 Å². The highest BCUT2D eigenvalue weighted by atomic mass is 32.2. The van der Waals surface area contributed by atoms with Gasteiger partial charge in [0.2, 0.25) is 5.91 Å². The number of esters is 1. The van der Waals surface area contributed by atoms with Crippen molar-refractivity contribution in [1.29, 1.82) is 0 Å². The number of benzene rings is 1. The molecule has 2 aromatic rings. The molecule has 0 radical (unpaired) electrons. The molecule has 0 bridgehead atoms. The molecule has 34 heavy (non-hydrogen) atoms. The lowest BCUT2D eigenvalue weighted by Gasteiger charge is -2.35. The summed E-state index contributed by atoms with van der Waals surface area (Å²) in [4.78, 5) is 31.7. The third-order valence-electron chi connectivity index (χ3n) is 5.35. The number of alkyl halides is 3. The van der Waals surface area contributed by atoms with Crippen LogP contribution in [0.2, 0.25) is 0 Å². The van der Waals surface area contributed by atoms with Gasteiger partial charge in [-0.3, -0.25) is 4.79 Å². The SMILES string of the molecule is COC(=O)C1=C(C)N=C2SC=C(CC(=O)NCc3cccc(C(F)(F)F)c3)N2[C@H]1c1ccsc1. The summed E-state index contributed by atoms with van der Waals surface area (Å²) in [6.07, 6.45) is -4.48. The number of aliphatic imine (C=N–C) groups is 1. The molecule has 0 saturated heterocycles. The van der Waals surface area contributed by atoms with Gasteiger partial charge in [-0.1, -0.05) is 23.9 Å². The smallest absolute Gasteiger partial charge is 0.416 e. The van der Waals surface area contributed by atoms with Crippen molar-refractivity contribution in [3.05, 3.63) is 80.2 Å². The molecule has 2 aliphatic heterocycles. The average molecular weight is 508 g/mol. The highest BCUT2D eigenvalue weighted by molar-refractivity contribution is 8.16. The summed E-state index contributed by atoms with van der Waals surface area (Å²) in [5, 5.41) is 8.95. The molecule has 1 aromatic heterocycles. The number of fused-ring (bicyclic) bond motifs is 1. The molecule has 0 spiro atoms. The van der Waals surface area contributed by atoms with E-state index in [1.54, 1.807) is 12.3 Å². The van der Waals surface area contributed by atoms with Gasteiger partial charge in [0.25, 0.3) is 0 Å². The standard InChI is InChI=1S/C23H20F3N3O3S2/c1-13-19(21(31)32-2)20(15-6-7-33-11-15)29-17(12-34-22(29)28-13)9-18(30)27-10-14-4-3-5-16(8-14)23(24,25)26/h3-8,11-12,20H,9-10H2,1-2H3,(H,27,30)/t20-/m0/s1. The van der Waals surface area contributed by atoms with E-state index < -0.39 is 23.8 Å². The summed E-state index contributed by atoms with van der Waals surface area (Å²) in [7, 11) is 1.31. The van der Waals surface area contributed by atoms with Crippen LogP contribution in [0, 0.1) is 0 Å². The minimum Gasteiger partial charge on any atom is -0.466 e. The topological polar surface area (TPSA) is 71.0 Å². The van der Waals surface area contributed by atoms with Crippen molar-refractivity contribution in [2.24, 2.45) is 4.99 Å². The van der Waals surface area contributed by atoms with Crippen LogP contribution in [0.1, 0.15) is 36.1 Å². The quantitative estimate of drug-likeness (QED) is 0.543. The molecule has 6 nitrogen and oxygen atoms in total. The fourth-order valence-electron chi connectivity index (χ4n) is 3.77. The lowest BCUT2D eigenvalue weighted by atomic mass is 9.96. The molecule has 4 rings (SSSR count). The Morgan fingerprint density at radius 1 is 1.26 bits per heavy atom. The number of carbonyl (C=O) groups excluding carboxylic acids is 2. The first kappa shape index (κ1) is 24.1. The van der Waals surface area contributed by atoms with Gasteiger partial charge >= 0.3 is 12.1 Å². The van der Waals surface area contributed by atoms with Crippen LogP contribution in [0.4, 0.5) is 13.2 Å². The summed E-state index contributed by atoms with van der Waals surface area (Å²) in [6.45, 7) is 1.71. The van der Waals surface area contributed by atoms with Gasteiger partial charge in [-0.05, 0) is 52.4 Å². The van der Waals surface area contributed by atoms with Crippen LogP contribution in [0.3, 0.4) is 0 Å². The number of nitrogens with one attached hydrogen (secondary N) is 1. The van der Waals surface area contributed by atoms with E-state index in [4.69, 9.17) is 4.74 Å². The predicted molar refractivity (Wildman–Crippen MR) is 125 cm³/mol. The molecule has 1 atom stereocenters. The third kappa shape index (κ3) is 4.90. The first-order valence-corrected chi connectivity index (χ1v) is 12.0. The summed E-state index contributed by atoms with van der Waals surface area (Å²) in [6, 6.07) is 6.25. The van der Waals surface area contributed by atoms with Gasteiger partial charge in [0.1, 0.15) is 0 Å². The predicted octanol–water partition coefficient (Wildman–Crippen LogP) is 5.22. The maximum Gasteiger partial charge on any atom is 0.416 e. The van der Waals surface area contributed by atoms with Gasteiger partial charge in [-0.25, -0.2) is 9.79 Å². The number of amidine groups is 1. The maximum atomic E-state index is 12.9. The van der Waals surface area contributed by atoms with E-state index in [0.717, 1.165) is 17.7 Å². The Morgan fingerprint density at radius 2 is 2.06 bits per heavy atom. The summed E-state index contributed by atoms with van der Waals surface area (Å²) in [5.41, 5.74) is 2.03. The van der Waals surface area contributed by atoms with Crippen LogP contribution >= 0.6 is 23.1 Å². The van der Waals surface area contributed by atoms with E-state index in [9.17, 15) is 22.8 Å². The fourth-order valence-corrected chi connectivity index (χ4v) is 5.42. The molecule has 0 fully saturated rings. The van der Waals surface area contributed by atoms with Crippen molar-refractivity contribution in [3.63, 3.8) is 0 Å². The lowest BCUT2D eigenvalue weighted by molar-refractivity contribution is -0.138. The number of carbonyl (C=O) groups is 2. The molecule has 1 amide bonds. The Balaban J connectivity index is 1.51. The van der Waals surface area contributed by atoms with Crippen molar-refractivity contribution in [2.75, 3.05) is 7.11 Å². The number of ether oxygens (including phenoxy) is 1. The zero-order valence-electron chi connectivity index (χ0n) is 18.2. The molecule has 1 N–H and O–H groups in total. The number of allylic oxidation sites excluding steroid dienone is 1. The molecule has 178 valence electrons. The van der Waals surface area contributed by atoms with Crippen LogP contribution in [-0.4, -0.2) is 29.1 Å². The number of halogens is 3. The summed E-state index contributed by atoms with van der Waals surface area (Å²) in [5.74, 6) is -0.859. The van der Waals surface area contributed by atoms with Gasteiger partial charge in [0.15, 0.2) is 5.17 Å². The Kier molecular flexibility index (Phi) is 6.85. The third-order valence-corrected chi connectivity index (χ3v) is 6.94. The molecule has 1 aromatic carbocycles. The van der Waals surface area contributed by atoms with Gasteiger partial charge in [-0.15, -0.1) is 0 Å². The molecule has 2 aliphatic rings. The van der Waals surface area contributed by atoms with Crippen LogP contribution in [0.5, 0.6) is 0 Å². The number of thioether (sulfide) groups is 1. The number of rotatable bonds is 6. The highest BCUT2D eigenvalue weighted by Gasteiger charge is 2.41. The van der Waals surface area contributed by atoms with E-state index in [-0.39, 0.29) is 18.9 Å². The number of hydrogen-bond acceptors (Lipinski definition) is 7. The summed E-state index contributed by atoms with van der Waals surface area (Å²) >= 11 is 2.83. The first-order valence-electron chi connectivity index (χ1n) is 10.2.